The van der Waals surface area contributed by atoms with Gasteiger partial charge in [-0.15, -0.1) is 0 Å². The van der Waals surface area contributed by atoms with Crippen molar-refractivity contribution in [2.24, 2.45) is 0 Å². The van der Waals surface area contributed by atoms with Gasteiger partial charge in [0.25, 0.3) is 0 Å². The fourth-order valence-electron chi connectivity index (χ4n) is 2.06. The van der Waals surface area contributed by atoms with Gasteiger partial charge in [-0.25, -0.2) is 4.39 Å². The Balaban J connectivity index is 2.54. The second-order valence-corrected chi connectivity index (χ2v) is 6.17. The molecule has 1 saturated heterocycles. The summed E-state index contributed by atoms with van der Waals surface area (Å²) in [5, 5.41) is 0. The molecule has 8 heteroatoms. The van der Waals surface area contributed by atoms with Crippen LogP contribution in [0.25, 0.3) is 0 Å². The van der Waals surface area contributed by atoms with Crippen molar-refractivity contribution < 1.29 is 31.7 Å². The summed E-state index contributed by atoms with van der Waals surface area (Å²) in [5.41, 5.74) is -3.91. The highest BCUT2D eigenvalue weighted by molar-refractivity contribution is 6.62. The zero-order valence-corrected chi connectivity index (χ0v) is 12.5. The summed E-state index contributed by atoms with van der Waals surface area (Å²) in [6.45, 7) is 6.77. The molecule has 0 aromatic heterocycles. The predicted molar refractivity (Wildman–Crippen MR) is 72.5 cm³/mol. The molecule has 0 atom stereocenters. The molecule has 1 aliphatic rings. The van der Waals surface area contributed by atoms with E-state index in [-0.39, 0.29) is 6.29 Å². The van der Waals surface area contributed by atoms with Gasteiger partial charge in [0.05, 0.1) is 22.3 Å². The molecule has 0 radical (unpaired) electrons. The minimum atomic E-state index is -4.70. The van der Waals surface area contributed by atoms with Gasteiger partial charge in [-0.2, -0.15) is 13.2 Å². The van der Waals surface area contributed by atoms with Crippen LogP contribution in [0, 0.1) is 5.82 Å². The summed E-state index contributed by atoms with van der Waals surface area (Å²) in [7, 11) is -1.31. The highest BCUT2D eigenvalue weighted by Crippen LogP contribution is 2.37. The lowest BCUT2D eigenvalue weighted by atomic mass is 9.77. The summed E-state index contributed by atoms with van der Waals surface area (Å²) >= 11 is 0. The molecule has 0 aliphatic carbocycles. The molecule has 1 heterocycles. The van der Waals surface area contributed by atoms with Crippen LogP contribution in [0.1, 0.15) is 43.6 Å². The number of carbonyl (C=O) groups is 1. The SMILES string of the molecule is CC1(C)OB(c2cc(C(F)(F)F)cc(C=O)c2F)OC1(C)C. The van der Waals surface area contributed by atoms with E-state index >= 15 is 0 Å². The molecule has 0 unspecified atom stereocenters. The number of carbonyl (C=O) groups excluding carboxylic acids is 1. The number of hydrogen-bond donors (Lipinski definition) is 0. The highest BCUT2D eigenvalue weighted by atomic mass is 19.4. The smallest absolute Gasteiger partial charge is 0.399 e. The molecule has 0 saturated carbocycles. The molecule has 2 rings (SSSR count). The Kier molecular flexibility index (Phi) is 3.90. The Morgan fingerprint density at radius 1 is 1.09 bits per heavy atom. The number of rotatable bonds is 2. The van der Waals surface area contributed by atoms with E-state index in [9.17, 15) is 22.4 Å². The van der Waals surface area contributed by atoms with Gasteiger partial charge in [-0.3, -0.25) is 4.79 Å². The Morgan fingerprint density at radius 3 is 2.00 bits per heavy atom. The molecule has 120 valence electrons. The minimum Gasteiger partial charge on any atom is -0.399 e. The molecular formula is C14H15BF4O3. The van der Waals surface area contributed by atoms with Gasteiger partial charge in [-0.05, 0) is 39.8 Å². The predicted octanol–water partition coefficient (Wildman–Crippen LogP) is 2.96. The number of alkyl halides is 3. The van der Waals surface area contributed by atoms with Crippen molar-refractivity contribution in [1.29, 1.82) is 0 Å². The summed E-state index contributed by atoms with van der Waals surface area (Å²) < 4.78 is 64.0. The van der Waals surface area contributed by atoms with Crippen molar-refractivity contribution in [3.8, 4) is 0 Å². The van der Waals surface area contributed by atoms with Gasteiger partial charge in [0, 0.05) is 5.46 Å². The summed E-state index contributed by atoms with van der Waals surface area (Å²) in [4.78, 5) is 10.8. The molecular weight excluding hydrogens is 303 g/mol. The van der Waals surface area contributed by atoms with E-state index in [0.29, 0.717) is 12.1 Å². The molecule has 3 nitrogen and oxygen atoms in total. The molecule has 0 spiro atoms. The monoisotopic (exact) mass is 318 g/mol. The lowest BCUT2D eigenvalue weighted by Gasteiger charge is -2.32. The number of hydrogen-bond acceptors (Lipinski definition) is 3. The van der Waals surface area contributed by atoms with E-state index < -0.39 is 46.9 Å². The molecule has 0 N–H and O–H groups in total. The van der Waals surface area contributed by atoms with E-state index in [1.165, 1.54) is 0 Å². The van der Waals surface area contributed by atoms with Gasteiger partial charge in [0.1, 0.15) is 5.82 Å². The maximum absolute atomic E-state index is 14.2. The molecule has 22 heavy (non-hydrogen) atoms. The Labute approximate surface area is 125 Å². The average molecular weight is 318 g/mol. The molecule has 1 fully saturated rings. The van der Waals surface area contributed by atoms with Gasteiger partial charge >= 0.3 is 13.3 Å². The van der Waals surface area contributed by atoms with Gasteiger partial charge in [-0.1, -0.05) is 0 Å². The lowest BCUT2D eigenvalue weighted by Crippen LogP contribution is -2.41. The van der Waals surface area contributed by atoms with Crippen molar-refractivity contribution in [2.45, 2.75) is 45.1 Å². The van der Waals surface area contributed by atoms with Crippen LogP contribution in [0.15, 0.2) is 12.1 Å². The van der Waals surface area contributed by atoms with Gasteiger partial charge in [0.15, 0.2) is 6.29 Å². The van der Waals surface area contributed by atoms with E-state index in [1.807, 2.05) is 0 Å². The van der Waals surface area contributed by atoms with E-state index in [0.717, 1.165) is 0 Å². The number of halogens is 4. The van der Waals surface area contributed by atoms with Crippen LogP contribution in [0.5, 0.6) is 0 Å². The number of benzene rings is 1. The highest BCUT2D eigenvalue weighted by Gasteiger charge is 2.53. The fraction of sp³-hybridized carbons (Fsp3) is 0.500. The van der Waals surface area contributed by atoms with E-state index in [1.54, 1.807) is 27.7 Å². The van der Waals surface area contributed by atoms with Crippen molar-refractivity contribution in [3.05, 3.63) is 29.1 Å². The maximum atomic E-state index is 14.2. The van der Waals surface area contributed by atoms with E-state index in [2.05, 4.69) is 0 Å². The first-order chi connectivity index (χ1) is 9.89. The van der Waals surface area contributed by atoms with Crippen LogP contribution < -0.4 is 5.46 Å². The quantitative estimate of drug-likeness (QED) is 0.478. The van der Waals surface area contributed by atoms with Crippen LogP contribution in [0.2, 0.25) is 0 Å². The van der Waals surface area contributed by atoms with Crippen LogP contribution >= 0.6 is 0 Å². The topological polar surface area (TPSA) is 35.5 Å². The Morgan fingerprint density at radius 2 is 1.59 bits per heavy atom. The third kappa shape index (κ3) is 2.77. The molecule has 1 aromatic rings. The zero-order chi connectivity index (χ0) is 16.9. The van der Waals surface area contributed by atoms with Crippen molar-refractivity contribution >= 4 is 18.9 Å². The maximum Gasteiger partial charge on any atom is 0.497 e. The second kappa shape index (κ2) is 5.06. The van der Waals surface area contributed by atoms with Gasteiger partial charge in [0.2, 0.25) is 0 Å². The standard InChI is InChI=1S/C14H15BF4O3/c1-12(2)13(3,4)22-15(21-12)10-6-9(14(17,18)19)5-8(7-20)11(10)16/h5-7H,1-4H3. The van der Waals surface area contributed by atoms with Crippen molar-refractivity contribution in [3.63, 3.8) is 0 Å². The fourth-order valence-corrected chi connectivity index (χ4v) is 2.06. The normalized spacial score (nSPS) is 20.3. The first-order valence-corrected chi connectivity index (χ1v) is 6.60. The third-order valence-corrected chi connectivity index (χ3v) is 4.09. The first kappa shape index (κ1) is 17.0. The average Bonchev–Trinajstić information content (AvgIpc) is 2.57. The Hall–Kier alpha value is -1.41. The number of aldehydes is 1. The van der Waals surface area contributed by atoms with Gasteiger partial charge < -0.3 is 9.31 Å². The zero-order valence-electron chi connectivity index (χ0n) is 12.5. The molecule has 0 amide bonds. The van der Waals surface area contributed by atoms with Crippen LogP contribution in [-0.4, -0.2) is 24.6 Å². The van der Waals surface area contributed by atoms with Crippen LogP contribution in [0.3, 0.4) is 0 Å². The summed E-state index contributed by atoms with van der Waals surface area (Å²) in [6.07, 6.45) is -4.66. The Bertz CT molecular complexity index is 595. The van der Waals surface area contributed by atoms with Crippen LogP contribution in [-0.2, 0) is 15.5 Å². The summed E-state index contributed by atoms with van der Waals surface area (Å²) in [6, 6.07) is 1.08. The minimum absolute atomic E-state index is 0.0410. The van der Waals surface area contributed by atoms with Crippen molar-refractivity contribution in [2.75, 3.05) is 0 Å². The largest absolute Gasteiger partial charge is 0.497 e. The molecule has 1 aliphatic heterocycles. The second-order valence-electron chi connectivity index (χ2n) is 6.17. The lowest BCUT2D eigenvalue weighted by molar-refractivity contribution is -0.137. The molecule has 0 bridgehead atoms. The first-order valence-electron chi connectivity index (χ1n) is 6.60. The van der Waals surface area contributed by atoms with Crippen molar-refractivity contribution in [1.82, 2.24) is 0 Å². The summed E-state index contributed by atoms with van der Waals surface area (Å²) in [5.74, 6) is -1.07. The van der Waals surface area contributed by atoms with Crippen LogP contribution in [0.4, 0.5) is 17.6 Å². The third-order valence-electron chi connectivity index (χ3n) is 4.09. The molecule has 1 aromatic carbocycles. The van der Waals surface area contributed by atoms with E-state index in [4.69, 9.17) is 9.31 Å².